The molecule has 1 unspecified atom stereocenters. The summed E-state index contributed by atoms with van der Waals surface area (Å²) in [6.07, 6.45) is 5.51. The number of piperidine rings is 3. The average Bonchev–Trinajstić information content (AvgIpc) is 2.58. The van der Waals surface area contributed by atoms with Crippen LogP contribution in [-0.2, 0) is 6.42 Å². The van der Waals surface area contributed by atoms with Crippen LogP contribution in [0.4, 0.5) is 0 Å². The maximum atomic E-state index is 13.2. The standard InChI is InChI=1S/C19H24N2O2/c22-19-16-6-2-4-14-3-1-5-15(18(14)16)11-20(19)17-12-21(23)9-7-13(17)8-10-21/h2,4,6,13,15,17H,1,3,5,7-12H2/t13?,15-,17?,21?/m1/s1. The summed E-state index contributed by atoms with van der Waals surface area (Å²) >= 11 is 0. The molecule has 2 atom stereocenters. The Bertz CT molecular complexity index is 663. The normalized spacial score (nSPS) is 38.6. The SMILES string of the molecule is O=C1c2cccc3c2[C@H](CCC3)CN1C1C[N+]2([O-])CCC1CC2. The minimum atomic E-state index is -0.0670. The number of hydrogen-bond donors (Lipinski definition) is 0. The van der Waals surface area contributed by atoms with Crippen molar-refractivity contribution in [1.82, 2.24) is 4.90 Å². The molecule has 2 bridgehead atoms. The Morgan fingerprint density at radius 1 is 1.17 bits per heavy atom. The van der Waals surface area contributed by atoms with Gasteiger partial charge in [-0.3, -0.25) is 4.79 Å². The highest BCUT2D eigenvalue weighted by Gasteiger charge is 2.47. The van der Waals surface area contributed by atoms with Gasteiger partial charge in [0.15, 0.2) is 0 Å². The third-order valence-corrected chi connectivity index (χ3v) is 6.79. The molecule has 1 amide bonds. The third-order valence-electron chi connectivity index (χ3n) is 6.79. The van der Waals surface area contributed by atoms with E-state index in [2.05, 4.69) is 11.0 Å². The molecule has 4 heteroatoms. The van der Waals surface area contributed by atoms with Crippen LogP contribution in [0.15, 0.2) is 18.2 Å². The van der Waals surface area contributed by atoms with Gasteiger partial charge in [-0.05, 0) is 42.4 Å². The highest BCUT2D eigenvalue weighted by molar-refractivity contribution is 5.97. The third kappa shape index (κ3) is 2.01. The maximum Gasteiger partial charge on any atom is 0.254 e. The summed E-state index contributed by atoms with van der Waals surface area (Å²) in [5.41, 5.74) is 3.63. The molecular formula is C19H24N2O2. The lowest BCUT2D eigenvalue weighted by Crippen LogP contribution is -2.66. The van der Waals surface area contributed by atoms with E-state index in [4.69, 9.17) is 0 Å². The van der Waals surface area contributed by atoms with Gasteiger partial charge < -0.3 is 14.8 Å². The summed E-state index contributed by atoms with van der Waals surface area (Å²) in [4.78, 5) is 15.2. The van der Waals surface area contributed by atoms with Gasteiger partial charge in [-0.2, -0.15) is 0 Å². The van der Waals surface area contributed by atoms with Gasteiger partial charge >= 0.3 is 0 Å². The van der Waals surface area contributed by atoms with Crippen LogP contribution in [0.25, 0.3) is 0 Å². The summed E-state index contributed by atoms with van der Waals surface area (Å²) in [6.45, 7) is 2.98. The molecule has 0 aromatic heterocycles. The van der Waals surface area contributed by atoms with Gasteiger partial charge in [0.25, 0.3) is 5.91 Å². The van der Waals surface area contributed by atoms with Crippen LogP contribution >= 0.6 is 0 Å². The monoisotopic (exact) mass is 312 g/mol. The van der Waals surface area contributed by atoms with Crippen molar-refractivity contribution in [3.63, 3.8) is 0 Å². The lowest BCUT2D eigenvalue weighted by atomic mass is 9.75. The fourth-order valence-electron chi connectivity index (χ4n) is 5.60. The zero-order valence-corrected chi connectivity index (χ0v) is 13.5. The Kier molecular flexibility index (Phi) is 2.92. The van der Waals surface area contributed by atoms with E-state index in [-0.39, 0.29) is 16.6 Å². The van der Waals surface area contributed by atoms with Gasteiger partial charge in [-0.1, -0.05) is 12.1 Å². The van der Waals surface area contributed by atoms with E-state index in [0.29, 0.717) is 18.4 Å². The second-order valence-electron chi connectivity index (χ2n) is 8.02. The van der Waals surface area contributed by atoms with Crippen molar-refractivity contribution in [2.75, 3.05) is 26.2 Å². The van der Waals surface area contributed by atoms with E-state index in [0.717, 1.165) is 44.5 Å². The quantitative estimate of drug-likeness (QED) is 0.591. The van der Waals surface area contributed by atoms with Gasteiger partial charge in [0.2, 0.25) is 0 Å². The van der Waals surface area contributed by atoms with Crippen molar-refractivity contribution >= 4 is 5.91 Å². The minimum absolute atomic E-state index is 0.0670. The lowest BCUT2D eigenvalue weighted by molar-refractivity contribution is -0.899. The predicted molar refractivity (Wildman–Crippen MR) is 87.9 cm³/mol. The summed E-state index contributed by atoms with van der Waals surface area (Å²) in [7, 11) is 0. The Balaban J connectivity index is 1.53. The Morgan fingerprint density at radius 3 is 2.78 bits per heavy atom. The number of quaternary nitrogens is 1. The van der Waals surface area contributed by atoms with Gasteiger partial charge in [-0.25, -0.2) is 0 Å². The van der Waals surface area contributed by atoms with Crippen LogP contribution in [0, 0.1) is 11.1 Å². The zero-order chi connectivity index (χ0) is 15.6. The fourth-order valence-corrected chi connectivity index (χ4v) is 5.60. The largest absolute Gasteiger partial charge is 0.633 e. The average molecular weight is 312 g/mol. The van der Waals surface area contributed by atoms with Crippen LogP contribution in [-0.4, -0.2) is 47.7 Å². The highest BCUT2D eigenvalue weighted by Crippen LogP contribution is 2.42. The molecule has 0 radical (unpaired) electrons. The van der Waals surface area contributed by atoms with Crippen LogP contribution < -0.4 is 0 Å². The molecule has 6 rings (SSSR count). The van der Waals surface area contributed by atoms with E-state index in [1.54, 1.807) is 0 Å². The molecule has 3 saturated heterocycles. The van der Waals surface area contributed by atoms with E-state index in [1.807, 2.05) is 12.1 Å². The molecule has 1 aliphatic carbocycles. The van der Waals surface area contributed by atoms with Crippen molar-refractivity contribution in [2.24, 2.45) is 5.92 Å². The van der Waals surface area contributed by atoms with E-state index in [9.17, 15) is 10.0 Å². The molecule has 122 valence electrons. The molecular weight excluding hydrogens is 288 g/mol. The van der Waals surface area contributed by atoms with E-state index < -0.39 is 0 Å². The number of aryl methyl sites for hydroxylation is 1. The van der Waals surface area contributed by atoms with Crippen LogP contribution in [0.5, 0.6) is 0 Å². The number of rotatable bonds is 1. The lowest BCUT2D eigenvalue weighted by Gasteiger charge is -2.58. The van der Waals surface area contributed by atoms with Crippen molar-refractivity contribution in [3.05, 3.63) is 40.1 Å². The molecule has 4 nitrogen and oxygen atoms in total. The molecule has 5 aliphatic rings. The number of carbonyl (C=O) groups is 1. The predicted octanol–water partition coefficient (Wildman–Crippen LogP) is 2.67. The molecule has 0 saturated carbocycles. The van der Waals surface area contributed by atoms with Gasteiger partial charge in [0, 0.05) is 30.9 Å². The van der Waals surface area contributed by atoms with Crippen molar-refractivity contribution in [3.8, 4) is 0 Å². The second kappa shape index (κ2) is 4.81. The van der Waals surface area contributed by atoms with Gasteiger partial charge in [-0.15, -0.1) is 0 Å². The molecule has 0 N–H and O–H groups in total. The first-order valence-electron chi connectivity index (χ1n) is 9.14. The molecule has 1 aromatic rings. The summed E-state index contributed by atoms with van der Waals surface area (Å²) in [5.74, 6) is 1.22. The van der Waals surface area contributed by atoms with Gasteiger partial charge in [0.05, 0.1) is 25.7 Å². The number of hydrogen-bond acceptors (Lipinski definition) is 2. The first-order chi connectivity index (χ1) is 11.1. The summed E-state index contributed by atoms with van der Waals surface area (Å²) < 4.78 is -0.0670. The van der Waals surface area contributed by atoms with Crippen LogP contribution in [0.3, 0.4) is 0 Å². The molecule has 4 aliphatic heterocycles. The molecule has 0 spiro atoms. The van der Waals surface area contributed by atoms with Crippen LogP contribution in [0.1, 0.15) is 53.1 Å². The van der Waals surface area contributed by atoms with Crippen molar-refractivity contribution in [1.29, 1.82) is 0 Å². The number of amides is 1. The van der Waals surface area contributed by atoms with Gasteiger partial charge in [0.1, 0.15) is 0 Å². The Morgan fingerprint density at radius 2 is 2.00 bits per heavy atom. The topological polar surface area (TPSA) is 43.4 Å². The fraction of sp³-hybridized carbons (Fsp3) is 0.632. The van der Waals surface area contributed by atoms with Crippen molar-refractivity contribution in [2.45, 2.75) is 44.1 Å². The Hall–Kier alpha value is -1.39. The number of carbonyl (C=O) groups excluding carboxylic acids is 1. The highest BCUT2D eigenvalue weighted by atomic mass is 16.5. The minimum Gasteiger partial charge on any atom is -0.633 e. The summed E-state index contributed by atoms with van der Waals surface area (Å²) in [6, 6.07) is 6.41. The molecule has 3 fully saturated rings. The zero-order valence-electron chi connectivity index (χ0n) is 13.5. The van der Waals surface area contributed by atoms with E-state index in [1.165, 1.54) is 24.0 Å². The number of fused-ring (bicyclic) bond motifs is 3. The van der Waals surface area contributed by atoms with Crippen LogP contribution in [0.2, 0.25) is 0 Å². The molecule has 4 heterocycles. The second-order valence-corrected chi connectivity index (χ2v) is 8.02. The first-order valence-corrected chi connectivity index (χ1v) is 9.14. The summed E-state index contributed by atoms with van der Waals surface area (Å²) in [5, 5.41) is 12.7. The first kappa shape index (κ1) is 14.0. The van der Waals surface area contributed by atoms with Crippen molar-refractivity contribution < 1.29 is 9.44 Å². The molecule has 1 aromatic carbocycles. The van der Waals surface area contributed by atoms with E-state index >= 15 is 0 Å². The molecule has 23 heavy (non-hydrogen) atoms. The number of nitrogens with zero attached hydrogens (tertiary/aromatic N) is 2. The smallest absolute Gasteiger partial charge is 0.254 e. The number of benzene rings is 1. The maximum absolute atomic E-state index is 13.2. The number of hydroxylamine groups is 3. The Labute approximate surface area is 137 Å².